The van der Waals surface area contributed by atoms with E-state index in [0.717, 1.165) is 99.7 Å². The Morgan fingerprint density at radius 2 is 1.19 bits per heavy atom. The number of aryl methyl sites for hydroxylation is 1. The average molecular weight is 758 g/mol. The standard InChI is InChI=1S/C55H39N3O/c1-4-41-47(57(3)48-32-27-37(35-56)34-46(48)39-18-9-6-10-19-39)33-29-40-28-30-45-50(31-26-36(2)53(45)54(40)41)58(49-23-13-11-20-42(49)38-16-7-5-8-17-38)51-24-15-22-44-43-21-12-14-25-52(43)59-55(44)51/h4-34H,1H2,2-3H3. The zero-order chi connectivity index (χ0) is 40.0. The SMILES string of the molecule is C=Cc1c(N(C)c2ccc(C#N)cc2-c2ccccc2)ccc2ccc3c(N(c4ccccc4-c4ccccc4)c4cccc5c4oc4ccccc45)ccc(C)c3c12. The van der Waals surface area contributed by atoms with Gasteiger partial charge in [-0.15, -0.1) is 0 Å². The highest BCUT2D eigenvalue weighted by molar-refractivity contribution is 6.19. The van der Waals surface area contributed by atoms with Crippen molar-refractivity contribution >= 4 is 78.0 Å². The summed E-state index contributed by atoms with van der Waals surface area (Å²) in [6.45, 7) is 6.62. The van der Waals surface area contributed by atoms with Crippen LogP contribution in [0.5, 0.6) is 0 Å². The van der Waals surface area contributed by atoms with Gasteiger partial charge in [-0.2, -0.15) is 5.26 Å². The number of nitriles is 1. The van der Waals surface area contributed by atoms with E-state index in [1.165, 1.54) is 5.56 Å². The van der Waals surface area contributed by atoms with Crippen LogP contribution in [0.3, 0.4) is 0 Å². The van der Waals surface area contributed by atoms with Crippen LogP contribution in [-0.2, 0) is 0 Å². The highest BCUT2D eigenvalue weighted by Crippen LogP contribution is 2.49. The molecular weight excluding hydrogens is 719 g/mol. The van der Waals surface area contributed by atoms with Crippen LogP contribution >= 0.6 is 0 Å². The molecule has 0 N–H and O–H groups in total. The first-order valence-electron chi connectivity index (χ1n) is 19.8. The molecule has 4 nitrogen and oxygen atoms in total. The number of hydrogen-bond acceptors (Lipinski definition) is 4. The maximum absolute atomic E-state index is 9.86. The lowest BCUT2D eigenvalue weighted by Crippen LogP contribution is -2.13. The van der Waals surface area contributed by atoms with Crippen molar-refractivity contribution in [1.82, 2.24) is 0 Å². The number of rotatable bonds is 8. The maximum Gasteiger partial charge on any atom is 0.159 e. The van der Waals surface area contributed by atoms with E-state index in [1.54, 1.807) is 0 Å². The van der Waals surface area contributed by atoms with Crippen molar-refractivity contribution in [1.29, 1.82) is 5.26 Å². The van der Waals surface area contributed by atoms with Crippen molar-refractivity contribution in [3.8, 4) is 28.3 Å². The molecule has 0 spiro atoms. The Morgan fingerprint density at radius 3 is 1.97 bits per heavy atom. The first-order chi connectivity index (χ1) is 29.0. The van der Waals surface area contributed by atoms with Crippen LogP contribution in [-0.4, -0.2) is 7.05 Å². The predicted octanol–water partition coefficient (Wildman–Crippen LogP) is 15.3. The molecule has 10 aromatic rings. The molecule has 59 heavy (non-hydrogen) atoms. The molecule has 0 aliphatic carbocycles. The van der Waals surface area contributed by atoms with Gasteiger partial charge in [0.2, 0.25) is 0 Å². The lowest BCUT2D eigenvalue weighted by molar-refractivity contribution is 0.669. The molecule has 0 atom stereocenters. The molecule has 0 saturated heterocycles. The summed E-state index contributed by atoms with van der Waals surface area (Å²) in [4.78, 5) is 4.61. The summed E-state index contributed by atoms with van der Waals surface area (Å²) in [6, 6.07) is 65.9. The average Bonchev–Trinajstić information content (AvgIpc) is 3.69. The van der Waals surface area contributed by atoms with Crippen molar-refractivity contribution in [3.63, 3.8) is 0 Å². The highest BCUT2D eigenvalue weighted by atomic mass is 16.3. The molecule has 1 heterocycles. The van der Waals surface area contributed by atoms with Gasteiger partial charge >= 0.3 is 0 Å². The molecule has 1 aromatic heterocycles. The number of anilines is 5. The monoisotopic (exact) mass is 757 g/mol. The molecule has 0 aliphatic heterocycles. The van der Waals surface area contributed by atoms with E-state index in [9.17, 15) is 5.26 Å². The molecule has 10 rings (SSSR count). The van der Waals surface area contributed by atoms with Gasteiger partial charge in [-0.05, 0) is 88.3 Å². The number of hydrogen-bond donors (Lipinski definition) is 0. The molecular formula is C55H39N3O. The van der Waals surface area contributed by atoms with Gasteiger partial charge < -0.3 is 14.2 Å². The van der Waals surface area contributed by atoms with E-state index < -0.39 is 0 Å². The van der Waals surface area contributed by atoms with Crippen LogP contribution in [0.15, 0.2) is 193 Å². The van der Waals surface area contributed by atoms with Crippen LogP contribution in [0.4, 0.5) is 28.4 Å². The zero-order valence-electron chi connectivity index (χ0n) is 32.9. The van der Waals surface area contributed by atoms with Gasteiger partial charge in [0.05, 0.1) is 28.7 Å². The first-order valence-corrected chi connectivity index (χ1v) is 19.8. The Bertz CT molecular complexity index is 3280. The van der Waals surface area contributed by atoms with Gasteiger partial charge in [0.15, 0.2) is 5.58 Å². The summed E-state index contributed by atoms with van der Waals surface area (Å²) in [5.41, 5.74) is 13.9. The van der Waals surface area contributed by atoms with Crippen molar-refractivity contribution in [2.45, 2.75) is 6.92 Å². The lowest BCUT2D eigenvalue weighted by Gasteiger charge is -2.30. The fourth-order valence-corrected chi connectivity index (χ4v) is 8.83. The van der Waals surface area contributed by atoms with E-state index in [1.807, 2.05) is 54.6 Å². The summed E-state index contributed by atoms with van der Waals surface area (Å²) in [6.07, 6.45) is 1.99. The molecule has 0 unspecified atom stereocenters. The fourth-order valence-electron chi connectivity index (χ4n) is 8.83. The summed E-state index contributed by atoms with van der Waals surface area (Å²) in [5.74, 6) is 0. The highest BCUT2D eigenvalue weighted by Gasteiger charge is 2.25. The Balaban J connectivity index is 1.25. The van der Waals surface area contributed by atoms with E-state index in [0.29, 0.717) is 5.56 Å². The molecule has 9 aromatic carbocycles. The summed E-state index contributed by atoms with van der Waals surface area (Å²) < 4.78 is 6.76. The van der Waals surface area contributed by atoms with Gasteiger partial charge in [-0.25, -0.2) is 0 Å². The minimum Gasteiger partial charge on any atom is -0.454 e. The first kappa shape index (κ1) is 35.5. The molecule has 0 saturated carbocycles. The third-order valence-electron chi connectivity index (χ3n) is 11.6. The van der Waals surface area contributed by atoms with E-state index >= 15 is 0 Å². The Labute approximate surface area is 343 Å². The number of nitrogens with zero attached hydrogens (tertiary/aromatic N) is 3. The lowest BCUT2D eigenvalue weighted by atomic mass is 9.91. The summed E-state index contributed by atoms with van der Waals surface area (Å²) >= 11 is 0. The number of fused-ring (bicyclic) bond motifs is 6. The van der Waals surface area contributed by atoms with Crippen molar-refractivity contribution < 1.29 is 4.42 Å². The summed E-state index contributed by atoms with van der Waals surface area (Å²) in [5, 5.41) is 16.6. The van der Waals surface area contributed by atoms with Crippen LogP contribution in [0, 0.1) is 18.3 Å². The number of furan rings is 1. The van der Waals surface area contributed by atoms with Crippen molar-refractivity contribution in [2.24, 2.45) is 0 Å². The third kappa shape index (κ3) is 5.91. The van der Waals surface area contributed by atoms with Crippen LogP contribution in [0.25, 0.3) is 71.8 Å². The van der Waals surface area contributed by atoms with Gasteiger partial charge in [0, 0.05) is 51.3 Å². The van der Waals surface area contributed by atoms with Gasteiger partial charge in [0.25, 0.3) is 0 Å². The molecule has 280 valence electrons. The summed E-state index contributed by atoms with van der Waals surface area (Å²) in [7, 11) is 2.10. The van der Waals surface area contributed by atoms with Crippen LogP contribution in [0.1, 0.15) is 16.7 Å². The van der Waals surface area contributed by atoms with Crippen molar-refractivity contribution in [3.05, 3.63) is 205 Å². The maximum atomic E-state index is 9.86. The smallest absolute Gasteiger partial charge is 0.159 e. The Morgan fingerprint density at radius 1 is 0.542 bits per heavy atom. The Hall–Kier alpha value is -7.87. The third-order valence-corrected chi connectivity index (χ3v) is 11.6. The molecule has 0 amide bonds. The molecule has 0 radical (unpaired) electrons. The normalized spacial score (nSPS) is 11.3. The number of para-hydroxylation sites is 3. The Kier molecular flexibility index (Phi) is 8.78. The van der Waals surface area contributed by atoms with E-state index in [2.05, 4.69) is 170 Å². The minimum atomic E-state index is 0.620. The van der Waals surface area contributed by atoms with Gasteiger partial charge in [0.1, 0.15) is 5.58 Å². The fraction of sp³-hybridized carbons (Fsp3) is 0.0364. The predicted molar refractivity (Wildman–Crippen MR) is 248 cm³/mol. The quantitative estimate of drug-likeness (QED) is 0.145. The van der Waals surface area contributed by atoms with E-state index in [-0.39, 0.29) is 0 Å². The second-order valence-corrected chi connectivity index (χ2v) is 14.9. The minimum absolute atomic E-state index is 0.620. The van der Waals surface area contributed by atoms with Crippen molar-refractivity contribution in [2.75, 3.05) is 16.8 Å². The molecule has 0 bridgehead atoms. The van der Waals surface area contributed by atoms with Gasteiger partial charge in [-0.1, -0.05) is 146 Å². The molecule has 4 heteroatoms. The van der Waals surface area contributed by atoms with Gasteiger partial charge in [-0.3, -0.25) is 0 Å². The van der Waals surface area contributed by atoms with Crippen LogP contribution < -0.4 is 9.80 Å². The van der Waals surface area contributed by atoms with E-state index in [4.69, 9.17) is 4.42 Å². The second-order valence-electron chi connectivity index (χ2n) is 14.9. The largest absolute Gasteiger partial charge is 0.454 e. The topological polar surface area (TPSA) is 43.4 Å². The zero-order valence-corrected chi connectivity index (χ0v) is 32.9. The van der Waals surface area contributed by atoms with Crippen LogP contribution in [0.2, 0.25) is 0 Å². The molecule has 0 aliphatic rings. The molecule has 0 fully saturated rings. The second kappa shape index (κ2) is 14.6. The number of benzene rings is 9.